The molecule has 0 aliphatic heterocycles. The van der Waals surface area contributed by atoms with E-state index in [1.54, 1.807) is 36.4 Å². The van der Waals surface area contributed by atoms with Crippen LogP contribution in [-0.2, 0) is 0 Å². The first-order valence-corrected chi connectivity index (χ1v) is 7.93. The standard InChI is InChI=1S/C21H16N2O3/c24-19-14-20(25)18(23-22-12-11-15-7-3-1-4-8-15)13-17(19)21(26)16-9-5-2-6-10-16/h1-14,24-25H. The van der Waals surface area contributed by atoms with Gasteiger partial charge in [0.2, 0.25) is 0 Å². The molecule has 128 valence electrons. The predicted molar refractivity (Wildman–Crippen MR) is 99.6 cm³/mol. The lowest BCUT2D eigenvalue weighted by atomic mass is 10.0. The number of benzene rings is 3. The molecule has 5 heteroatoms. The molecule has 0 radical (unpaired) electrons. The van der Waals surface area contributed by atoms with E-state index in [0.717, 1.165) is 11.6 Å². The largest absolute Gasteiger partial charge is 0.507 e. The highest BCUT2D eigenvalue weighted by Gasteiger charge is 2.16. The molecule has 0 aromatic heterocycles. The van der Waals surface area contributed by atoms with Crippen molar-refractivity contribution in [2.45, 2.75) is 0 Å². The Hall–Kier alpha value is -3.73. The Balaban J connectivity index is 1.85. The third-order valence-electron chi connectivity index (χ3n) is 3.67. The average Bonchev–Trinajstić information content (AvgIpc) is 2.67. The summed E-state index contributed by atoms with van der Waals surface area (Å²) in [5, 5.41) is 27.8. The number of hydrogen-bond acceptors (Lipinski definition) is 5. The first kappa shape index (κ1) is 17.1. The molecular formula is C21H16N2O3. The zero-order chi connectivity index (χ0) is 18.4. The van der Waals surface area contributed by atoms with Crippen LogP contribution in [0.4, 0.5) is 5.69 Å². The second-order valence-corrected chi connectivity index (χ2v) is 5.50. The summed E-state index contributed by atoms with van der Waals surface area (Å²) in [5.74, 6) is -0.932. The second kappa shape index (κ2) is 7.90. The normalized spacial score (nSPS) is 11.2. The van der Waals surface area contributed by atoms with Gasteiger partial charge in [0, 0.05) is 11.6 Å². The van der Waals surface area contributed by atoms with Gasteiger partial charge in [-0.1, -0.05) is 60.7 Å². The molecule has 0 unspecified atom stereocenters. The maximum atomic E-state index is 12.5. The molecule has 0 amide bonds. The molecule has 0 bridgehead atoms. The summed E-state index contributed by atoms with van der Waals surface area (Å²) >= 11 is 0. The number of rotatable bonds is 5. The van der Waals surface area contributed by atoms with Crippen LogP contribution < -0.4 is 0 Å². The fraction of sp³-hybridized carbons (Fsp3) is 0. The number of aromatic hydroxyl groups is 2. The number of carbonyl (C=O) groups is 1. The van der Waals surface area contributed by atoms with Crippen molar-refractivity contribution in [2.24, 2.45) is 10.2 Å². The lowest BCUT2D eigenvalue weighted by Crippen LogP contribution is -2.01. The molecule has 0 aliphatic rings. The topological polar surface area (TPSA) is 82.2 Å². The lowest BCUT2D eigenvalue weighted by Gasteiger charge is -2.06. The van der Waals surface area contributed by atoms with E-state index in [1.165, 1.54) is 12.3 Å². The molecule has 3 aromatic carbocycles. The van der Waals surface area contributed by atoms with Gasteiger partial charge in [-0.15, -0.1) is 5.11 Å². The average molecular weight is 344 g/mol. The van der Waals surface area contributed by atoms with Crippen LogP contribution in [-0.4, -0.2) is 16.0 Å². The summed E-state index contributed by atoms with van der Waals surface area (Å²) in [5.41, 5.74) is 1.54. The Morgan fingerprint density at radius 3 is 2.19 bits per heavy atom. The highest BCUT2D eigenvalue weighted by molar-refractivity contribution is 6.11. The maximum Gasteiger partial charge on any atom is 0.196 e. The second-order valence-electron chi connectivity index (χ2n) is 5.50. The third kappa shape index (κ3) is 4.02. The van der Waals surface area contributed by atoms with E-state index in [9.17, 15) is 15.0 Å². The van der Waals surface area contributed by atoms with Gasteiger partial charge in [-0.3, -0.25) is 4.79 Å². The lowest BCUT2D eigenvalue weighted by molar-refractivity contribution is 0.103. The monoisotopic (exact) mass is 344 g/mol. The van der Waals surface area contributed by atoms with Crippen molar-refractivity contribution in [3.05, 3.63) is 95.7 Å². The fourth-order valence-corrected chi connectivity index (χ4v) is 2.35. The van der Waals surface area contributed by atoms with Gasteiger partial charge >= 0.3 is 0 Å². The highest BCUT2D eigenvalue weighted by atomic mass is 16.3. The molecule has 0 fully saturated rings. The third-order valence-corrected chi connectivity index (χ3v) is 3.67. The quantitative estimate of drug-likeness (QED) is 0.500. The van der Waals surface area contributed by atoms with Gasteiger partial charge in [0.15, 0.2) is 5.78 Å². The molecule has 0 atom stereocenters. The Kier molecular flexibility index (Phi) is 5.19. The van der Waals surface area contributed by atoms with Crippen molar-refractivity contribution < 1.29 is 15.0 Å². The fourth-order valence-electron chi connectivity index (χ4n) is 2.35. The van der Waals surface area contributed by atoms with Gasteiger partial charge in [0.05, 0.1) is 11.8 Å². The van der Waals surface area contributed by atoms with E-state index in [2.05, 4.69) is 10.2 Å². The Morgan fingerprint density at radius 2 is 1.50 bits per heavy atom. The minimum Gasteiger partial charge on any atom is -0.507 e. The summed E-state index contributed by atoms with van der Waals surface area (Å²) in [7, 11) is 0. The number of phenols is 2. The predicted octanol–water partition coefficient (Wildman–Crippen LogP) is 5.08. The molecule has 0 saturated carbocycles. The first-order valence-electron chi connectivity index (χ1n) is 7.93. The maximum absolute atomic E-state index is 12.5. The van der Waals surface area contributed by atoms with Crippen LogP contribution in [0.5, 0.6) is 11.5 Å². The molecule has 3 rings (SSSR count). The molecule has 26 heavy (non-hydrogen) atoms. The van der Waals surface area contributed by atoms with Crippen LogP contribution in [0.1, 0.15) is 21.5 Å². The number of hydrogen-bond donors (Lipinski definition) is 2. The van der Waals surface area contributed by atoms with Crippen LogP contribution in [0.25, 0.3) is 6.08 Å². The molecule has 3 aromatic rings. The van der Waals surface area contributed by atoms with Crippen molar-refractivity contribution in [2.75, 3.05) is 0 Å². The molecular weight excluding hydrogens is 328 g/mol. The number of nitrogens with zero attached hydrogens (tertiary/aromatic N) is 2. The molecule has 0 aliphatic carbocycles. The Morgan fingerprint density at radius 1 is 0.846 bits per heavy atom. The minimum absolute atomic E-state index is 0.0509. The van der Waals surface area contributed by atoms with Crippen LogP contribution in [0.15, 0.2) is 89.2 Å². The van der Waals surface area contributed by atoms with E-state index in [0.29, 0.717) is 5.56 Å². The summed E-state index contributed by atoms with van der Waals surface area (Å²) in [6.45, 7) is 0. The van der Waals surface area contributed by atoms with Crippen LogP contribution in [0, 0.1) is 0 Å². The van der Waals surface area contributed by atoms with Crippen molar-refractivity contribution in [1.82, 2.24) is 0 Å². The molecule has 0 saturated heterocycles. The summed E-state index contributed by atoms with van der Waals surface area (Å²) < 4.78 is 0. The number of azo groups is 1. The van der Waals surface area contributed by atoms with Crippen molar-refractivity contribution in [1.29, 1.82) is 0 Å². The van der Waals surface area contributed by atoms with E-state index in [-0.39, 0.29) is 28.5 Å². The van der Waals surface area contributed by atoms with Crippen LogP contribution >= 0.6 is 0 Å². The molecule has 5 nitrogen and oxygen atoms in total. The van der Waals surface area contributed by atoms with Crippen molar-refractivity contribution in [3.63, 3.8) is 0 Å². The van der Waals surface area contributed by atoms with E-state index >= 15 is 0 Å². The Bertz CT molecular complexity index is 965. The summed E-state index contributed by atoms with van der Waals surface area (Å²) in [6.07, 6.45) is 3.25. The van der Waals surface area contributed by atoms with Gasteiger partial charge in [-0.05, 0) is 17.7 Å². The molecule has 0 heterocycles. The molecule has 2 N–H and O–H groups in total. The van der Waals surface area contributed by atoms with Gasteiger partial charge in [0.1, 0.15) is 17.2 Å². The van der Waals surface area contributed by atoms with Gasteiger partial charge in [-0.25, -0.2) is 0 Å². The summed E-state index contributed by atoms with van der Waals surface area (Å²) in [4.78, 5) is 12.5. The van der Waals surface area contributed by atoms with Gasteiger partial charge in [0.25, 0.3) is 0 Å². The van der Waals surface area contributed by atoms with Crippen molar-refractivity contribution in [3.8, 4) is 11.5 Å². The van der Waals surface area contributed by atoms with Crippen LogP contribution in [0.3, 0.4) is 0 Å². The van der Waals surface area contributed by atoms with E-state index < -0.39 is 0 Å². The highest BCUT2D eigenvalue weighted by Crippen LogP contribution is 2.34. The minimum atomic E-state index is -0.362. The van der Waals surface area contributed by atoms with Crippen LogP contribution in [0.2, 0.25) is 0 Å². The SMILES string of the molecule is O=C(c1ccccc1)c1cc(N=NC=Cc2ccccc2)c(O)cc1O. The zero-order valence-corrected chi connectivity index (χ0v) is 13.8. The number of phenolic OH excluding ortho intramolecular Hbond substituents is 2. The van der Waals surface area contributed by atoms with Gasteiger partial charge < -0.3 is 10.2 Å². The number of carbonyl (C=O) groups excluding carboxylic acids is 1. The summed E-state index contributed by atoms with van der Waals surface area (Å²) in [6, 6.07) is 20.5. The number of ketones is 1. The molecule has 0 spiro atoms. The van der Waals surface area contributed by atoms with E-state index in [4.69, 9.17) is 0 Å². The first-order chi connectivity index (χ1) is 12.6. The zero-order valence-electron chi connectivity index (χ0n) is 13.8. The van der Waals surface area contributed by atoms with Gasteiger partial charge in [-0.2, -0.15) is 5.11 Å². The van der Waals surface area contributed by atoms with Crippen molar-refractivity contribution >= 4 is 17.5 Å². The Labute approximate surface area is 150 Å². The van der Waals surface area contributed by atoms with E-state index in [1.807, 2.05) is 30.3 Å². The smallest absolute Gasteiger partial charge is 0.196 e.